The van der Waals surface area contributed by atoms with Crippen LogP contribution in [0.15, 0.2) is 43.0 Å². The second-order valence-corrected chi connectivity index (χ2v) is 8.96. The van der Waals surface area contributed by atoms with Crippen LogP contribution in [-0.4, -0.2) is 61.9 Å². The molecule has 0 aliphatic carbocycles. The molecule has 0 radical (unpaired) electrons. The van der Waals surface area contributed by atoms with E-state index in [4.69, 9.17) is 0 Å². The van der Waals surface area contributed by atoms with Gasteiger partial charge in [0.05, 0.1) is 22.6 Å². The van der Waals surface area contributed by atoms with Gasteiger partial charge in [-0.3, -0.25) is 19.7 Å². The average Bonchev–Trinajstić information content (AvgIpc) is 3.18. The van der Waals surface area contributed by atoms with Crippen LogP contribution in [0.25, 0.3) is 16.7 Å². The van der Waals surface area contributed by atoms with Crippen molar-refractivity contribution >= 4 is 34.0 Å². The SMILES string of the molecule is CCN1C(C)CN(c2ccc(C(=O)Nc3cc(F)c4nc(C)cn4c3)c3nccnc23)CC1C. The number of nitrogens with zero attached hydrogens (tertiary/aromatic N) is 6. The van der Waals surface area contributed by atoms with Gasteiger partial charge >= 0.3 is 0 Å². The summed E-state index contributed by atoms with van der Waals surface area (Å²) in [7, 11) is 0. The Labute approximate surface area is 197 Å². The van der Waals surface area contributed by atoms with E-state index in [1.165, 1.54) is 6.07 Å². The summed E-state index contributed by atoms with van der Waals surface area (Å²) in [5.41, 5.74) is 3.83. The van der Waals surface area contributed by atoms with Crippen molar-refractivity contribution < 1.29 is 9.18 Å². The number of anilines is 2. The molecule has 1 aliphatic heterocycles. The first-order valence-electron chi connectivity index (χ1n) is 11.6. The third kappa shape index (κ3) is 3.86. The topological polar surface area (TPSA) is 78.7 Å². The van der Waals surface area contributed by atoms with Crippen LogP contribution in [0.4, 0.5) is 15.8 Å². The third-order valence-electron chi connectivity index (χ3n) is 6.54. The van der Waals surface area contributed by atoms with Crippen molar-refractivity contribution in [3.63, 3.8) is 0 Å². The van der Waals surface area contributed by atoms with E-state index in [-0.39, 0.29) is 11.6 Å². The Morgan fingerprint density at radius 3 is 2.53 bits per heavy atom. The zero-order chi connectivity index (χ0) is 24.0. The zero-order valence-corrected chi connectivity index (χ0v) is 19.8. The number of likely N-dealkylation sites (N-methyl/N-ethyl adjacent to an activating group) is 1. The Kier molecular flexibility index (Phi) is 5.65. The van der Waals surface area contributed by atoms with E-state index in [1.807, 2.05) is 6.07 Å². The summed E-state index contributed by atoms with van der Waals surface area (Å²) >= 11 is 0. The summed E-state index contributed by atoms with van der Waals surface area (Å²) in [5.74, 6) is -0.870. The Morgan fingerprint density at radius 1 is 1.12 bits per heavy atom. The summed E-state index contributed by atoms with van der Waals surface area (Å²) in [6.45, 7) is 11.2. The van der Waals surface area contributed by atoms with Gasteiger partial charge in [0.15, 0.2) is 11.5 Å². The number of rotatable bonds is 4. The lowest BCUT2D eigenvalue weighted by Crippen LogP contribution is -2.56. The van der Waals surface area contributed by atoms with Crippen molar-refractivity contribution in [2.75, 3.05) is 29.9 Å². The maximum Gasteiger partial charge on any atom is 0.257 e. The Balaban J connectivity index is 1.48. The standard InChI is InChI=1S/C25H28FN7O/c1-5-33-16(3)12-31(13-17(33)4)21-7-6-19(22-23(21)28-9-8-27-22)25(34)30-18-10-20(26)24-29-15(2)11-32(24)14-18/h6-11,14,16-17H,5,12-13H2,1-4H3,(H,30,34). The van der Waals surface area contributed by atoms with Crippen LogP contribution in [0.1, 0.15) is 36.8 Å². The van der Waals surface area contributed by atoms with Crippen LogP contribution in [-0.2, 0) is 0 Å². The number of piperazine rings is 1. The fraction of sp³-hybridized carbons (Fsp3) is 0.360. The number of hydrogen-bond acceptors (Lipinski definition) is 6. The molecule has 0 saturated carbocycles. The Bertz CT molecular complexity index is 1370. The van der Waals surface area contributed by atoms with Crippen LogP contribution in [0.2, 0.25) is 0 Å². The third-order valence-corrected chi connectivity index (χ3v) is 6.54. The Hall–Kier alpha value is -3.59. The highest BCUT2D eigenvalue weighted by atomic mass is 19.1. The minimum absolute atomic E-state index is 0.225. The van der Waals surface area contributed by atoms with Crippen LogP contribution in [0.5, 0.6) is 0 Å². The van der Waals surface area contributed by atoms with E-state index >= 15 is 0 Å². The molecule has 4 aromatic rings. The molecule has 0 spiro atoms. The number of aryl methyl sites for hydroxylation is 1. The van der Waals surface area contributed by atoms with Crippen LogP contribution in [0, 0.1) is 12.7 Å². The van der Waals surface area contributed by atoms with E-state index in [1.54, 1.807) is 42.2 Å². The van der Waals surface area contributed by atoms with Gasteiger partial charge in [-0.05, 0) is 39.4 Å². The highest BCUT2D eigenvalue weighted by Gasteiger charge is 2.30. The van der Waals surface area contributed by atoms with Gasteiger partial charge in [0.25, 0.3) is 5.91 Å². The van der Waals surface area contributed by atoms with E-state index < -0.39 is 5.82 Å². The highest BCUT2D eigenvalue weighted by Crippen LogP contribution is 2.30. The molecule has 0 bridgehead atoms. The van der Waals surface area contributed by atoms with Crippen LogP contribution >= 0.6 is 0 Å². The number of nitrogens with one attached hydrogen (secondary N) is 1. The van der Waals surface area contributed by atoms with Crippen LogP contribution < -0.4 is 10.2 Å². The maximum absolute atomic E-state index is 14.5. The lowest BCUT2D eigenvalue weighted by Gasteiger charge is -2.45. The van der Waals surface area contributed by atoms with Crippen molar-refractivity contribution in [1.29, 1.82) is 0 Å². The van der Waals surface area contributed by atoms with E-state index in [0.29, 0.717) is 40.1 Å². The molecular weight excluding hydrogens is 433 g/mol. The second-order valence-electron chi connectivity index (χ2n) is 8.96. The van der Waals surface area contributed by atoms with Crippen molar-refractivity contribution in [3.05, 3.63) is 60.1 Å². The first-order chi connectivity index (χ1) is 16.4. The molecule has 1 fully saturated rings. The maximum atomic E-state index is 14.5. The monoisotopic (exact) mass is 461 g/mol. The number of carbonyl (C=O) groups is 1. The van der Waals surface area contributed by atoms with Crippen molar-refractivity contribution in [2.24, 2.45) is 0 Å². The first-order valence-corrected chi connectivity index (χ1v) is 11.6. The number of amides is 1. The van der Waals surface area contributed by atoms with Gasteiger partial charge in [-0.15, -0.1) is 0 Å². The molecular formula is C25H28FN7O. The van der Waals surface area contributed by atoms with E-state index in [0.717, 1.165) is 25.3 Å². The summed E-state index contributed by atoms with van der Waals surface area (Å²) in [6, 6.07) is 5.80. The molecule has 1 N–H and O–H groups in total. The molecule has 3 aromatic heterocycles. The molecule has 34 heavy (non-hydrogen) atoms. The summed E-state index contributed by atoms with van der Waals surface area (Å²) in [5, 5.41) is 2.80. The smallest absolute Gasteiger partial charge is 0.257 e. The molecule has 4 heterocycles. The minimum atomic E-state index is -0.500. The number of fused-ring (bicyclic) bond motifs is 2. The molecule has 176 valence electrons. The number of aromatic nitrogens is 4. The summed E-state index contributed by atoms with van der Waals surface area (Å²) in [6.07, 6.45) is 6.59. The highest BCUT2D eigenvalue weighted by molar-refractivity contribution is 6.13. The molecule has 2 unspecified atom stereocenters. The predicted molar refractivity (Wildman–Crippen MR) is 131 cm³/mol. The van der Waals surface area contributed by atoms with Gasteiger partial charge in [-0.1, -0.05) is 6.92 Å². The minimum Gasteiger partial charge on any atom is -0.367 e. The van der Waals surface area contributed by atoms with Gasteiger partial charge in [-0.2, -0.15) is 0 Å². The lowest BCUT2D eigenvalue weighted by atomic mass is 10.0. The molecule has 5 rings (SSSR count). The zero-order valence-electron chi connectivity index (χ0n) is 19.8. The molecule has 1 aliphatic rings. The average molecular weight is 462 g/mol. The predicted octanol–water partition coefficient (Wildman–Crippen LogP) is 3.90. The van der Waals surface area contributed by atoms with Gasteiger partial charge in [0, 0.05) is 56.0 Å². The molecule has 8 nitrogen and oxygen atoms in total. The fourth-order valence-electron chi connectivity index (χ4n) is 5.10. The first kappa shape index (κ1) is 22.2. The van der Waals surface area contributed by atoms with E-state index in [2.05, 4.69) is 50.8 Å². The van der Waals surface area contributed by atoms with Crippen molar-refractivity contribution in [2.45, 2.75) is 39.8 Å². The van der Waals surface area contributed by atoms with Crippen molar-refractivity contribution in [1.82, 2.24) is 24.3 Å². The molecule has 9 heteroatoms. The summed E-state index contributed by atoms with van der Waals surface area (Å²) < 4.78 is 16.0. The number of hydrogen-bond donors (Lipinski definition) is 1. The van der Waals surface area contributed by atoms with Gasteiger partial charge in [-0.25, -0.2) is 9.37 Å². The molecule has 1 aromatic carbocycles. The number of imidazole rings is 1. The van der Waals surface area contributed by atoms with E-state index in [9.17, 15) is 9.18 Å². The second kappa shape index (κ2) is 8.64. The number of halogens is 1. The Morgan fingerprint density at radius 2 is 1.82 bits per heavy atom. The number of carbonyl (C=O) groups excluding carboxylic acids is 1. The normalized spacial score (nSPS) is 19.1. The summed E-state index contributed by atoms with van der Waals surface area (Å²) in [4.78, 5) is 31.3. The molecule has 2 atom stereocenters. The van der Waals surface area contributed by atoms with Crippen LogP contribution in [0.3, 0.4) is 0 Å². The fourth-order valence-corrected chi connectivity index (χ4v) is 5.10. The van der Waals surface area contributed by atoms with Gasteiger partial charge < -0.3 is 14.6 Å². The largest absolute Gasteiger partial charge is 0.367 e. The van der Waals surface area contributed by atoms with Crippen molar-refractivity contribution in [3.8, 4) is 0 Å². The molecule has 1 saturated heterocycles. The molecule has 1 amide bonds. The number of benzene rings is 1. The van der Waals surface area contributed by atoms with Gasteiger partial charge in [0.2, 0.25) is 0 Å². The van der Waals surface area contributed by atoms with Gasteiger partial charge in [0.1, 0.15) is 11.0 Å². The lowest BCUT2D eigenvalue weighted by molar-refractivity contribution is 0.102. The number of pyridine rings is 1. The quantitative estimate of drug-likeness (QED) is 0.497.